The molecule has 2 nitrogen and oxygen atoms in total. The van der Waals surface area contributed by atoms with Crippen molar-refractivity contribution in [3.8, 4) is 0 Å². The SMILES string of the molecule is CC(Cl)C1CCN(C(=O)c2ccc(F)cc2I)CC1. The highest BCUT2D eigenvalue weighted by atomic mass is 127. The second kappa shape index (κ2) is 6.39. The quantitative estimate of drug-likeness (QED) is 0.549. The van der Waals surface area contributed by atoms with Crippen LogP contribution in [0.2, 0.25) is 0 Å². The van der Waals surface area contributed by atoms with Gasteiger partial charge in [0.1, 0.15) is 5.82 Å². The second-order valence-corrected chi connectivity index (χ2v) is 6.78. The fraction of sp³-hybridized carbons (Fsp3) is 0.500. The third-order valence-corrected chi connectivity index (χ3v) is 4.89. The van der Waals surface area contributed by atoms with E-state index in [1.165, 1.54) is 12.1 Å². The molecular weight excluding hydrogens is 380 g/mol. The maximum Gasteiger partial charge on any atom is 0.254 e. The Morgan fingerprint density at radius 1 is 1.47 bits per heavy atom. The Morgan fingerprint density at radius 3 is 2.63 bits per heavy atom. The standard InChI is InChI=1S/C14H16ClFINO/c1-9(15)10-4-6-18(7-5-10)14(19)12-3-2-11(16)8-13(12)17/h2-3,8-10H,4-7H2,1H3. The van der Waals surface area contributed by atoms with Gasteiger partial charge in [0.2, 0.25) is 0 Å². The lowest BCUT2D eigenvalue weighted by Gasteiger charge is -2.33. The van der Waals surface area contributed by atoms with Gasteiger partial charge >= 0.3 is 0 Å². The van der Waals surface area contributed by atoms with Gasteiger partial charge in [-0.05, 0) is 66.5 Å². The normalized spacial score (nSPS) is 18.4. The minimum absolute atomic E-state index is 0.00919. The van der Waals surface area contributed by atoms with Crippen molar-refractivity contribution in [2.45, 2.75) is 25.1 Å². The maximum atomic E-state index is 13.0. The van der Waals surface area contributed by atoms with Crippen LogP contribution in [0.3, 0.4) is 0 Å². The Balaban J connectivity index is 2.05. The molecule has 1 aliphatic heterocycles. The first-order chi connectivity index (χ1) is 8.99. The van der Waals surface area contributed by atoms with Crippen LogP contribution >= 0.6 is 34.2 Å². The topological polar surface area (TPSA) is 20.3 Å². The summed E-state index contributed by atoms with van der Waals surface area (Å²) in [6.07, 6.45) is 1.88. The summed E-state index contributed by atoms with van der Waals surface area (Å²) in [6.45, 7) is 3.47. The fourth-order valence-electron chi connectivity index (χ4n) is 2.40. The highest BCUT2D eigenvalue weighted by Gasteiger charge is 2.26. The monoisotopic (exact) mass is 395 g/mol. The third-order valence-electron chi connectivity index (χ3n) is 3.64. The summed E-state index contributed by atoms with van der Waals surface area (Å²) in [5.74, 6) is 0.165. The average Bonchev–Trinajstić information content (AvgIpc) is 2.38. The molecule has 1 aromatic rings. The Labute approximate surface area is 131 Å². The van der Waals surface area contributed by atoms with E-state index in [9.17, 15) is 9.18 Å². The number of amides is 1. The zero-order chi connectivity index (χ0) is 14.0. The van der Waals surface area contributed by atoms with E-state index in [0.717, 1.165) is 25.9 Å². The molecule has 1 aliphatic rings. The molecule has 104 valence electrons. The van der Waals surface area contributed by atoms with Gasteiger partial charge in [0.05, 0.1) is 5.56 Å². The van der Waals surface area contributed by atoms with E-state index < -0.39 is 0 Å². The van der Waals surface area contributed by atoms with E-state index in [4.69, 9.17) is 11.6 Å². The van der Waals surface area contributed by atoms with Crippen molar-refractivity contribution in [2.75, 3.05) is 13.1 Å². The lowest BCUT2D eigenvalue weighted by molar-refractivity contribution is 0.0689. The largest absolute Gasteiger partial charge is 0.339 e. The first-order valence-electron chi connectivity index (χ1n) is 6.37. The van der Waals surface area contributed by atoms with Gasteiger partial charge in [-0.1, -0.05) is 0 Å². The average molecular weight is 396 g/mol. The van der Waals surface area contributed by atoms with E-state index in [1.807, 2.05) is 34.4 Å². The molecule has 1 fully saturated rings. The van der Waals surface area contributed by atoms with Crippen molar-refractivity contribution in [3.05, 3.63) is 33.1 Å². The number of alkyl halides is 1. The molecule has 0 spiro atoms. The van der Waals surface area contributed by atoms with Gasteiger partial charge in [-0.3, -0.25) is 4.79 Å². The van der Waals surface area contributed by atoms with Crippen LogP contribution in [0.25, 0.3) is 0 Å². The van der Waals surface area contributed by atoms with E-state index in [-0.39, 0.29) is 17.1 Å². The van der Waals surface area contributed by atoms with E-state index >= 15 is 0 Å². The molecule has 2 rings (SSSR count). The van der Waals surface area contributed by atoms with E-state index in [0.29, 0.717) is 15.1 Å². The molecule has 1 amide bonds. The van der Waals surface area contributed by atoms with Gasteiger partial charge in [-0.15, -0.1) is 11.6 Å². The Bertz CT molecular complexity index is 473. The Kier molecular flexibility index (Phi) is 5.06. The van der Waals surface area contributed by atoms with Crippen LogP contribution in [0.15, 0.2) is 18.2 Å². The lowest BCUT2D eigenvalue weighted by atomic mass is 9.93. The van der Waals surface area contributed by atoms with Crippen LogP contribution in [0, 0.1) is 15.3 Å². The second-order valence-electron chi connectivity index (χ2n) is 4.93. The number of hydrogen-bond acceptors (Lipinski definition) is 1. The first kappa shape index (κ1) is 15.0. The van der Waals surface area contributed by atoms with E-state index in [1.54, 1.807) is 6.07 Å². The molecule has 0 N–H and O–H groups in total. The van der Waals surface area contributed by atoms with Crippen LogP contribution in [0.1, 0.15) is 30.1 Å². The molecule has 0 saturated carbocycles. The number of rotatable bonds is 2. The lowest BCUT2D eigenvalue weighted by Crippen LogP contribution is -2.40. The predicted octanol–water partition coefficient (Wildman–Crippen LogP) is 3.91. The summed E-state index contributed by atoms with van der Waals surface area (Å²) in [7, 11) is 0. The summed E-state index contributed by atoms with van der Waals surface area (Å²) in [4.78, 5) is 14.2. The Morgan fingerprint density at radius 2 is 2.11 bits per heavy atom. The van der Waals surface area contributed by atoms with Gasteiger partial charge in [-0.2, -0.15) is 0 Å². The molecule has 0 radical (unpaired) electrons. The molecule has 1 heterocycles. The van der Waals surface area contributed by atoms with Crippen LogP contribution in [0.4, 0.5) is 4.39 Å². The molecule has 0 aromatic heterocycles. The third kappa shape index (κ3) is 3.60. The minimum Gasteiger partial charge on any atom is -0.339 e. The number of likely N-dealkylation sites (tertiary alicyclic amines) is 1. The predicted molar refractivity (Wildman–Crippen MR) is 83.1 cm³/mol. The zero-order valence-corrected chi connectivity index (χ0v) is 13.6. The molecule has 1 aromatic carbocycles. The number of carbonyl (C=O) groups excluding carboxylic acids is 1. The smallest absolute Gasteiger partial charge is 0.254 e. The summed E-state index contributed by atoms with van der Waals surface area (Å²) in [6, 6.07) is 4.29. The van der Waals surface area contributed by atoms with Crippen LogP contribution < -0.4 is 0 Å². The van der Waals surface area contributed by atoms with Crippen molar-refractivity contribution in [1.82, 2.24) is 4.90 Å². The molecule has 19 heavy (non-hydrogen) atoms. The van der Waals surface area contributed by atoms with Crippen LogP contribution in [-0.4, -0.2) is 29.3 Å². The number of carbonyl (C=O) groups is 1. The molecule has 1 saturated heterocycles. The van der Waals surface area contributed by atoms with Gasteiger partial charge in [0, 0.05) is 22.0 Å². The molecule has 1 atom stereocenters. The van der Waals surface area contributed by atoms with Crippen molar-refractivity contribution < 1.29 is 9.18 Å². The van der Waals surface area contributed by atoms with E-state index in [2.05, 4.69) is 0 Å². The van der Waals surface area contributed by atoms with Crippen molar-refractivity contribution in [3.63, 3.8) is 0 Å². The fourth-order valence-corrected chi connectivity index (χ4v) is 3.36. The van der Waals surface area contributed by atoms with Crippen molar-refractivity contribution >= 4 is 40.1 Å². The van der Waals surface area contributed by atoms with Crippen molar-refractivity contribution in [1.29, 1.82) is 0 Å². The van der Waals surface area contributed by atoms with Crippen molar-refractivity contribution in [2.24, 2.45) is 5.92 Å². The number of nitrogens with zero attached hydrogens (tertiary/aromatic N) is 1. The summed E-state index contributed by atoms with van der Waals surface area (Å²) in [5, 5.41) is 0.156. The number of piperidine rings is 1. The van der Waals surface area contributed by atoms with Gasteiger partial charge in [-0.25, -0.2) is 4.39 Å². The summed E-state index contributed by atoms with van der Waals surface area (Å²) in [5.41, 5.74) is 0.583. The molecule has 0 bridgehead atoms. The molecular formula is C14H16ClFINO. The van der Waals surface area contributed by atoms with Crippen LogP contribution in [0.5, 0.6) is 0 Å². The number of halogens is 3. The number of hydrogen-bond donors (Lipinski definition) is 0. The molecule has 1 unspecified atom stereocenters. The van der Waals surface area contributed by atoms with Gasteiger partial charge < -0.3 is 4.90 Å². The summed E-state index contributed by atoms with van der Waals surface area (Å²) >= 11 is 8.10. The minimum atomic E-state index is -0.310. The molecule has 5 heteroatoms. The molecule has 0 aliphatic carbocycles. The van der Waals surface area contributed by atoms with Gasteiger partial charge in [0.15, 0.2) is 0 Å². The first-order valence-corrected chi connectivity index (χ1v) is 7.89. The maximum absolute atomic E-state index is 13.0. The highest BCUT2D eigenvalue weighted by Crippen LogP contribution is 2.25. The van der Waals surface area contributed by atoms with Gasteiger partial charge in [0.25, 0.3) is 5.91 Å². The zero-order valence-electron chi connectivity index (χ0n) is 10.7. The highest BCUT2D eigenvalue weighted by molar-refractivity contribution is 14.1. The summed E-state index contributed by atoms with van der Waals surface area (Å²) < 4.78 is 13.7. The Hall–Kier alpha value is -0.360. The van der Waals surface area contributed by atoms with Crippen LogP contribution in [-0.2, 0) is 0 Å². The number of benzene rings is 1.